The predicted octanol–water partition coefficient (Wildman–Crippen LogP) is 6.12. The van der Waals surface area contributed by atoms with Gasteiger partial charge in [0.1, 0.15) is 0 Å². The predicted molar refractivity (Wildman–Crippen MR) is 95.5 cm³/mol. The van der Waals surface area contributed by atoms with Crippen molar-refractivity contribution in [2.75, 3.05) is 6.61 Å². The highest BCUT2D eigenvalue weighted by Crippen LogP contribution is 2.01. The van der Waals surface area contributed by atoms with Crippen LogP contribution < -0.4 is 0 Å². The summed E-state index contributed by atoms with van der Waals surface area (Å²) in [4.78, 5) is 0. The Morgan fingerprint density at radius 1 is 0.571 bits per heavy atom. The van der Waals surface area contributed by atoms with Crippen molar-refractivity contribution in [3.05, 3.63) is 48.6 Å². The van der Waals surface area contributed by atoms with Gasteiger partial charge in [0.25, 0.3) is 0 Å². The molecule has 0 aromatic heterocycles. The van der Waals surface area contributed by atoms with Gasteiger partial charge in [-0.25, -0.2) is 0 Å². The molecule has 0 aliphatic carbocycles. The third kappa shape index (κ3) is 18.9. The van der Waals surface area contributed by atoms with Gasteiger partial charge < -0.3 is 5.11 Å². The summed E-state index contributed by atoms with van der Waals surface area (Å²) in [6, 6.07) is 0. The minimum atomic E-state index is 0.313. The van der Waals surface area contributed by atoms with E-state index in [1.807, 2.05) is 0 Å². The Hall–Kier alpha value is -1.08. The smallest absolute Gasteiger partial charge is 0.0431 e. The summed E-state index contributed by atoms with van der Waals surface area (Å²) < 4.78 is 0. The fourth-order valence-corrected chi connectivity index (χ4v) is 1.93. The van der Waals surface area contributed by atoms with E-state index >= 15 is 0 Å². The topological polar surface area (TPSA) is 20.2 Å². The first kappa shape index (κ1) is 19.9. The fourth-order valence-electron chi connectivity index (χ4n) is 1.93. The lowest BCUT2D eigenvalue weighted by molar-refractivity contribution is 0.285. The van der Waals surface area contributed by atoms with Gasteiger partial charge >= 0.3 is 0 Å². The number of allylic oxidation sites excluding steroid dienone is 8. The van der Waals surface area contributed by atoms with Crippen molar-refractivity contribution in [1.29, 1.82) is 0 Å². The highest BCUT2D eigenvalue weighted by molar-refractivity contribution is 4.99. The van der Waals surface area contributed by atoms with Crippen LogP contribution in [0.25, 0.3) is 0 Å². The van der Waals surface area contributed by atoms with Gasteiger partial charge in [0.15, 0.2) is 0 Å². The van der Waals surface area contributed by atoms with Crippen LogP contribution in [0, 0.1) is 0 Å². The molecule has 1 N–H and O–H groups in total. The SMILES string of the molecule is CCCCC/C=C\C/C=C\C/C=C\C/C=C/CCCCO. The number of hydrogen-bond donors (Lipinski definition) is 1. The standard InChI is InChI=1S/C20H34O/c1-2-3-4-5-6-7-8-9-10-11-12-13-14-15-16-17-18-19-20-21/h6-7,9-10,12-13,15-16,21H,2-5,8,11,14,17-20H2,1H3/b7-6-,10-9-,13-12-,16-15+. The van der Waals surface area contributed by atoms with Crippen molar-refractivity contribution < 1.29 is 5.11 Å². The molecule has 0 fully saturated rings. The first-order chi connectivity index (χ1) is 10.4. The molecule has 0 radical (unpaired) electrons. The lowest BCUT2D eigenvalue weighted by Gasteiger charge is -1.91. The summed E-state index contributed by atoms with van der Waals surface area (Å²) >= 11 is 0. The molecule has 0 saturated heterocycles. The first-order valence-corrected chi connectivity index (χ1v) is 8.62. The molecule has 0 spiro atoms. The summed E-state index contributed by atoms with van der Waals surface area (Å²) in [7, 11) is 0. The monoisotopic (exact) mass is 290 g/mol. The van der Waals surface area contributed by atoms with Crippen LogP contribution in [0.3, 0.4) is 0 Å². The van der Waals surface area contributed by atoms with E-state index in [1.54, 1.807) is 0 Å². The van der Waals surface area contributed by atoms with Crippen molar-refractivity contribution in [2.24, 2.45) is 0 Å². The van der Waals surface area contributed by atoms with Gasteiger partial charge in [0.2, 0.25) is 0 Å². The number of hydrogen-bond acceptors (Lipinski definition) is 1. The number of unbranched alkanes of at least 4 members (excludes halogenated alkanes) is 5. The number of aliphatic hydroxyl groups excluding tert-OH is 1. The lowest BCUT2D eigenvalue weighted by atomic mass is 10.2. The maximum absolute atomic E-state index is 8.65. The molecule has 0 aliphatic heterocycles. The molecule has 0 rings (SSSR count). The van der Waals surface area contributed by atoms with Crippen molar-refractivity contribution in [3.63, 3.8) is 0 Å². The molecule has 1 heteroatoms. The van der Waals surface area contributed by atoms with E-state index in [0.717, 1.165) is 38.5 Å². The van der Waals surface area contributed by atoms with Crippen LogP contribution in [0.1, 0.15) is 71.1 Å². The van der Waals surface area contributed by atoms with Crippen LogP contribution in [0.2, 0.25) is 0 Å². The van der Waals surface area contributed by atoms with E-state index in [-0.39, 0.29) is 0 Å². The van der Waals surface area contributed by atoms with Gasteiger partial charge in [-0.2, -0.15) is 0 Å². The molecule has 0 bridgehead atoms. The molecule has 120 valence electrons. The van der Waals surface area contributed by atoms with Crippen LogP contribution in [-0.4, -0.2) is 11.7 Å². The van der Waals surface area contributed by atoms with Crippen molar-refractivity contribution in [2.45, 2.75) is 71.1 Å². The van der Waals surface area contributed by atoms with Gasteiger partial charge in [-0.3, -0.25) is 0 Å². The normalized spacial score (nSPS) is 12.7. The second-order valence-electron chi connectivity index (χ2n) is 5.31. The summed E-state index contributed by atoms with van der Waals surface area (Å²) in [6.45, 7) is 2.56. The second kappa shape index (κ2) is 18.9. The zero-order valence-corrected chi connectivity index (χ0v) is 13.8. The zero-order valence-electron chi connectivity index (χ0n) is 13.8. The average Bonchev–Trinajstić information content (AvgIpc) is 2.50. The Balaban J connectivity index is 3.35. The summed E-state index contributed by atoms with van der Waals surface area (Å²) in [5.74, 6) is 0. The van der Waals surface area contributed by atoms with E-state index in [9.17, 15) is 0 Å². The Kier molecular flexibility index (Phi) is 17.9. The van der Waals surface area contributed by atoms with E-state index in [4.69, 9.17) is 5.11 Å². The molecular weight excluding hydrogens is 256 g/mol. The van der Waals surface area contributed by atoms with Gasteiger partial charge in [0, 0.05) is 6.61 Å². The second-order valence-corrected chi connectivity index (χ2v) is 5.31. The molecule has 0 atom stereocenters. The molecule has 0 aliphatic rings. The Bertz CT molecular complexity index is 267. The van der Waals surface area contributed by atoms with E-state index in [2.05, 4.69) is 55.5 Å². The van der Waals surface area contributed by atoms with Crippen LogP contribution in [-0.2, 0) is 0 Å². The quantitative estimate of drug-likeness (QED) is 0.301. The summed E-state index contributed by atoms with van der Waals surface area (Å²) in [5.41, 5.74) is 0. The van der Waals surface area contributed by atoms with Crippen molar-refractivity contribution in [3.8, 4) is 0 Å². The minimum Gasteiger partial charge on any atom is -0.396 e. The Labute approximate surface area is 132 Å². The molecule has 1 nitrogen and oxygen atoms in total. The molecule has 0 unspecified atom stereocenters. The molecule has 0 aromatic carbocycles. The highest BCUT2D eigenvalue weighted by Gasteiger charge is 1.82. The molecule has 0 saturated carbocycles. The Morgan fingerprint density at radius 2 is 1.00 bits per heavy atom. The Morgan fingerprint density at radius 3 is 1.43 bits per heavy atom. The maximum Gasteiger partial charge on any atom is 0.0431 e. The van der Waals surface area contributed by atoms with Gasteiger partial charge in [-0.1, -0.05) is 68.4 Å². The molecule has 0 heterocycles. The molecule has 0 amide bonds. The lowest BCUT2D eigenvalue weighted by Crippen LogP contribution is -1.79. The maximum atomic E-state index is 8.65. The number of aliphatic hydroxyl groups is 1. The van der Waals surface area contributed by atoms with E-state index in [0.29, 0.717) is 6.61 Å². The highest BCUT2D eigenvalue weighted by atomic mass is 16.2. The molecular formula is C20H34O. The first-order valence-electron chi connectivity index (χ1n) is 8.62. The molecule has 0 aromatic rings. The third-order valence-corrected chi connectivity index (χ3v) is 3.24. The van der Waals surface area contributed by atoms with E-state index in [1.165, 1.54) is 25.7 Å². The largest absolute Gasteiger partial charge is 0.396 e. The van der Waals surface area contributed by atoms with Crippen LogP contribution >= 0.6 is 0 Å². The minimum absolute atomic E-state index is 0.313. The van der Waals surface area contributed by atoms with Crippen molar-refractivity contribution >= 4 is 0 Å². The number of rotatable bonds is 14. The van der Waals surface area contributed by atoms with E-state index < -0.39 is 0 Å². The van der Waals surface area contributed by atoms with Gasteiger partial charge in [-0.15, -0.1) is 0 Å². The van der Waals surface area contributed by atoms with Crippen LogP contribution in [0.4, 0.5) is 0 Å². The molecule has 21 heavy (non-hydrogen) atoms. The van der Waals surface area contributed by atoms with Gasteiger partial charge in [0.05, 0.1) is 0 Å². The fraction of sp³-hybridized carbons (Fsp3) is 0.600. The van der Waals surface area contributed by atoms with Crippen LogP contribution in [0.15, 0.2) is 48.6 Å². The van der Waals surface area contributed by atoms with Crippen molar-refractivity contribution in [1.82, 2.24) is 0 Å². The average molecular weight is 290 g/mol. The van der Waals surface area contributed by atoms with Crippen LogP contribution in [0.5, 0.6) is 0 Å². The third-order valence-electron chi connectivity index (χ3n) is 3.24. The van der Waals surface area contributed by atoms with Gasteiger partial charge in [-0.05, 0) is 51.4 Å². The summed E-state index contributed by atoms with van der Waals surface area (Å²) in [6.07, 6.45) is 29.3. The zero-order chi connectivity index (χ0) is 15.4. The summed E-state index contributed by atoms with van der Waals surface area (Å²) in [5, 5.41) is 8.65.